The van der Waals surface area contributed by atoms with Gasteiger partial charge in [-0.05, 0) is 38.6 Å². The van der Waals surface area contributed by atoms with Crippen molar-refractivity contribution in [3.8, 4) is 0 Å². The number of nitrogens with one attached hydrogen (secondary N) is 1. The summed E-state index contributed by atoms with van der Waals surface area (Å²) in [6, 6.07) is 1.63. The second kappa shape index (κ2) is 5.99. The summed E-state index contributed by atoms with van der Waals surface area (Å²) >= 11 is 0. The molecule has 1 aliphatic heterocycles. The Morgan fingerprint density at radius 2 is 1.81 bits per heavy atom. The molecule has 1 saturated carbocycles. The Kier molecular flexibility index (Phi) is 4.62. The van der Waals surface area contributed by atoms with Crippen LogP contribution in [-0.2, 0) is 4.74 Å². The highest BCUT2D eigenvalue weighted by molar-refractivity contribution is 4.90. The Morgan fingerprint density at radius 1 is 1.12 bits per heavy atom. The summed E-state index contributed by atoms with van der Waals surface area (Å²) in [5, 5.41) is 3.39. The van der Waals surface area contributed by atoms with Crippen molar-refractivity contribution in [2.45, 2.75) is 57.2 Å². The van der Waals surface area contributed by atoms with E-state index < -0.39 is 0 Å². The monoisotopic (exact) mass is 226 g/mol. The molecule has 0 atom stereocenters. The lowest BCUT2D eigenvalue weighted by atomic mass is 9.90. The summed E-state index contributed by atoms with van der Waals surface area (Å²) in [6.45, 7) is 5.96. The number of methoxy groups -OCH3 is 1. The number of hydrogen-bond acceptors (Lipinski definition) is 3. The van der Waals surface area contributed by atoms with Gasteiger partial charge in [0, 0.05) is 32.3 Å². The van der Waals surface area contributed by atoms with Crippen LogP contribution in [0.4, 0.5) is 0 Å². The van der Waals surface area contributed by atoms with Gasteiger partial charge in [-0.15, -0.1) is 0 Å². The third kappa shape index (κ3) is 2.76. The summed E-state index contributed by atoms with van der Waals surface area (Å²) < 4.78 is 5.45. The molecule has 0 spiro atoms. The second-order valence-corrected chi connectivity index (χ2v) is 5.22. The first kappa shape index (κ1) is 12.3. The summed E-state index contributed by atoms with van der Waals surface area (Å²) in [7, 11) is 1.85. The molecule has 0 amide bonds. The van der Waals surface area contributed by atoms with Crippen LogP contribution in [0.2, 0.25) is 0 Å². The van der Waals surface area contributed by atoms with Crippen molar-refractivity contribution < 1.29 is 4.74 Å². The minimum absolute atomic E-state index is 0.527. The first-order valence-electron chi connectivity index (χ1n) is 6.84. The Balaban J connectivity index is 1.83. The van der Waals surface area contributed by atoms with Gasteiger partial charge < -0.3 is 10.1 Å². The van der Waals surface area contributed by atoms with Crippen molar-refractivity contribution in [1.29, 1.82) is 0 Å². The molecule has 1 saturated heterocycles. The molecule has 1 aliphatic carbocycles. The second-order valence-electron chi connectivity index (χ2n) is 5.22. The van der Waals surface area contributed by atoms with Gasteiger partial charge >= 0.3 is 0 Å². The number of nitrogens with zero attached hydrogens (tertiary/aromatic N) is 1. The van der Waals surface area contributed by atoms with Gasteiger partial charge in [0.2, 0.25) is 0 Å². The summed E-state index contributed by atoms with van der Waals surface area (Å²) in [6.07, 6.45) is 6.97. The Hall–Kier alpha value is -0.120. The largest absolute Gasteiger partial charge is 0.381 e. The Labute approximate surface area is 99.5 Å². The molecule has 94 valence electrons. The fourth-order valence-electron chi connectivity index (χ4n) is 3.04. The van der Waals surface area contributed by atoms with E-state index in [0.717, 1.165) is 12.1 Å². The summed E-state index contributed by atoms with van der Waals surface area (Å²) in [5.41, 5.74) is 0. The van der Waals surface area contributed by atoms with Crippen molar-refractivity contribution in [2.24, 2.45) is 0 Å². The van der Waals surface area contributed by atoms with Gasteiger partial charge in [0.15, 0.2) is 0 Å². The van der Waals surface area contributed by atoms with Crippen LogP contribution in [0.5, 0.6) is 0 Å². The molecule has 1 heterocycles. The molecule has 0 bridgehead atoms. The van der Waals surface area contributed by atoms with Crippen LogP contribution < -0.4 is 5.32 Å². The van der Waals surface area contributed by atoms with Crippen LogP contribution in [0.1, 0.15) is 39.0 Å². The average Bonchev–Trinajstić information content (AvgIpc) is 2.26. The van der Waals surface area contributed by atoms with Crippen molar-refractivity contribution in [1.82, 2.24) is 10.2 Å². The third-order valence-electron chi connectivity index (χ3n) is 4.16. The van der Waals surface area contributed by atoms with E-state index in [9.17, 15) is 0 Å². The molecule has 0 aromatic carbocycles. The third-order valence-corrected chi connectivity index (χ3v) is 4.16. The van der Waals surface area contributed by atoms with Crippen LogP contribution >= 0.6 is 0 Å². The van der Waals surface area contributed by atoms with Gasteiger partial charge in [0.05, 0.1) is 6.10 Å². The van der Waals surface area contributed by atoms with Gasteiger partial charge in [-0.1, -0.05) is 6.92 Å². The quantitative estimate of drug-likeness (QED) is 0.771. The summed E-state index contributed by atoms with van der Waals surface area (Å²) in [4.78, 5) is 2.75. The molecule has 2 aliphatic rings. The maximum atomic E-state index is 5.45. The predicted molar refractivity (Wildman–Crippen MR) is 66.7 cm³/mol. The van der Waals surface area contributed by atoms with Crippen LogP contribution in [0.3, 0.4) is 0 Å². The van der Waals surface area contributed by atoms with E-state index >= 15 is 0 Å². The van der Waals surface area contributed by atoms with Gasteiger partial charge in [0.1, 0.15) is 0 Å². The Bertz CT molecular complexity index is 198. The van der Waals surface area contributed by atoms with Crippen LogP contribution in [0.25, 0.3) is 0 Å². The van der Waals surface area contributed by atoms with Crippen LogP contribution in [0, 0.1) is 0 Å². The molecule has 3 nitrogen and oxygen atoms in total. The molecule has 0 aromatic rings. The van der Waals surface area contributed by atoms with Crippen molar-refractivity contribution in [2.75, 3.05) is 26.7 Å². The highest BCUT2D eigenvalue weighted by Crippen LogP contribution is 2.27. The fourth-order valence-corrected chi connectivity index (χ4v) is 3.04. The van der Waals surface area contributed by atoms with Crippen molar-refractivity contribution in [3.63, 3.8) is 0 Å². The molecular weight excluding hydrogens is 200 g/mol. The minimum Gasteiger partial charge on any atom is -0.381 e. The molecule has 0 aromatic heterocycles. The lowest BCUT2D eigenvalue weighted by Crippen LogP contribution is -2.60. The van der Waals surface area contributed by atoms with Crippen LogP contribution in [0.15, 0.2) is 0 Å². The van der Waals surface area contributed by atoms with Gasteiger partial charge in [0.25, 0.3) is 0 Å². The molecule has 2 fully saturated rings. The first-order chi connectivity index (χ1) is 7.85. The van der Waals surface area contributed by atoms with E-state index in [4.69, 9.17) is 4.74 Å². The van der Waals surface area contributed by atoms with Gasteiger partial charge in [-0.25, -0.2) is 0 Å². The molecule has 0 radical (unpaired) electrons. The molecule has 1 N–H and O–H groups in total. The first-order valence-corrected chi connectivity index (χ1v) is 6.84. The molecule has 3 heteroatoms. The van der Waals surface area contributed by atoms with E-state index in [1.54, 1.807) is 0 Å². The van der Waals surface area contributed by atoms with Crippen molar-refractivity contribution in [3.05, 3.63) is 0 Å². The topological polar surface area (TPSA) is 24.5 Å². The highest BCUT2D eigenvalue weighted by Gasteiger charge is 2.32. The summed E-state index contributed by atoms with van der Waals surface area (Å²) in [5.74, 6) is 0. The van der Waals surface area contributed by atoms with E-state index in [-0.39, 0.29) is 0 Å². The maximum Gasteiger partial charge on any atom is 0.0572 e. The molecular formula is C13H26N2O. The highest BCUT2D eigenvalue weighted by atomic mass is 16.5. The lowest BCUT2D eigenvalue weighted by Gasteiger charge is -2.45. The number of hydrogen-bond donors (Lipinski definition) is 1. The fraction of sp³-hybridized carbons (Fsp3) is 1.00. The van der Waals surface area contributed by atoms with Gasteiger partial charge in [-0.2, -0.15) is 0 Å². The van der Waals surface area contributed by atoms with E-state index in [1.165, 1.54) is 51.7 Å². The molecule has 16 heavy (non-hydrogen) atoms. The maximum absolute atomic E-state index is 5.45. The van der Waals surface area contributed by atoms with E-state index in [0.29, 0.717) is 6.10 Å². The zero-order valence-electron chi connectivity index (χ0n) is 10.7. The zero-order chi connectivity index (χ0) is 11.4. The Morgan fingerprint density at radius 3 is 2.25 bits per heavy atom. The van der Waals surface area contributed by atoms with Crippen LogP contribution in [-0.4, -0.2) is 49.8 Å². The number of ether oxygens (including phenoxy) is 1. The smallest absolute Gasteiger partial charge is 0.0572 e. The molecule has 0 unspecified atom stereocenters. The van der Waals surface area contributed by atoms with E-state index in [2.05, 4.69) is 17.1 Å². The molecule has 2 rings (SSSR count). The minimum atomic E-state index is 0.527. The standard InChI is InChI=1S/C13H26N2O/c1-3-8-15(12-9-14-10-12)11-4-6-13(16-2)7-5-11/h11-14H,3-10H2,1-2H3. The zero-order valence-corrected chi connectivity index (χ0v) is 10.7. The SMILES string of the molecule is CCCN(C1CCC(OC)CC1)C1CNC1. The predicted octanol–water partition coefficient (Wildman–Crippen LogP) is 1.63. The average molecular weight is 226 g/mol. The normalized spacial score (nSPS) is 31.7. The van der Waals surface area contributed by atoms with Gasteiger partial charge in [-0.3, -0.25) is 4.90 Å². The van der Waals surface area contributed by atoms with Crippen molar-refractivity contribution >= 4 is 0 Å². The lowest BCUT2D eigenvalue weighted by molar-refractivity contribution is 0.0165. The van der Waals surface area contributed by atoms with E-state index in [1.807, 2.05) is 7.11 Å². The number of rotatable bonds is 5.